The smallest absolute Gasteiger partial charge is 0.221 e. The quantitative estimate of drug-likeness (QED) is 0.745. The molecule has 0 aliphatic heterocycles. The van der Waals surface area contributed by atoms with Crippen LogP contribution in [-0.4, -0.2) is 9.97 Å². The van der Waals surface area contributed by atoms with Crippen LogP contribution in [0.2, 0.25) is 10.0 Å². The van der Waals surface area contributed by atoms with Gasteiger partial charge in [0, 0.05) is 21.2 Å². The van der Waals surface area contributed by atoms with Gasteiger partial charge in [-0.1, -0.05) is 47.5 Å². The second-order valence-electron chi connectivity index (χ2n) is 4.51. The third-order valence-electron chi connectivity index (χ3n) is 3.02. The Morgan fingerprint density at radius 2 is 1.05 bits per heavy atom. The van der Waals surface area contributed by atoms with Gasteiger partial charge in [-0.3, -0.25) is 0 Å². The van der Waals surface area contributed by atoms with E-state index < -0.39 is 0 Å². The average molecular weight is 316 g/mol. The molecule has 0 saturated carbocycles. The second-order valence-corrected chi connectivity index (χ2v) is 5.38. The Hall–Kier alpha value is -2.10. The van der Waals surface area contributed by atoms with Crippen molar-refractivity contribution in [3.63, 3.8) is 0 Å². The highest BCUT2D eigenvalue weighted by molar-refractivity contribution is 6.30. The SMILES string of the molecule is Nc1nc(-c2ccc(Cl)cc2)cc(-c2ccc(Cl)cc2)n1. The first kappa shape index (κ1) is 13.9. The lowest BCUT2D eigenvalue weighted by Crippen LogP contribution is -1.98. The van der Waals surface area contributed by atoms with E-state index >= 15 is 0 Å². The molecule has 0 amide bonds. The zero-order valence-electron chi connectivity index (χ0n) is 10.9. The number of nitrogen functional groups attached to an aromatic ring is 1. The fourth-order valence-electron chi connectivity index (χ4n) is 2.00. The molecule has 0 bridgehead atoms. The van der Waals surface area contributed by atoms with Crippen LogP contribution in [0.5, 0.6) is 0 Å². The predicted octanol–water partition coefficient (Wildman–Crippen LogP) is 4.70. The second kappa shape index (κ2) is 5.72. The summed E-state index contributed by atoms with van der Waals surface area (Å²) >= 11 is 11.8. The zero-order valence-corrected chi connectivity index (χ0v) is 12.4. The van der Waals surface area contributed by atoms with Crippen molar-refractivity contribution in [1.82, 2.24) is 9.97 Å². The number of rotatable bonds is 2. The Bertz CT molecular complexity index is 705. The predicted molar refractivity (Wildman–Crippen MR) is 87.3 cm³/mol. The van der Waals surface area contributed by atoms with Crippen molar-refractivity contribution < 1.29 is 0 Å². The van der Waals surface area contributed by atoms with Gasteiger partial charge < -0.3 is 5.73 Å². The largest absolute Gasteiger partial charge is 0.368 e. The van der Waals surface area contributed by atoms with Gasteiger partial charge in [0.05, 0.1) is 11.4 Å². The van der Waals surface area contributed by atoms with Crippen LogP contribution in [0.15, 0.2) is 54.6 Å². The number of hydrogen-bond donors (Lipinski definition) is 1. The Morgan fingerprint density at radius 1 is 0.667 bits per heavy atom. The van der Waals surface area contributed by atoms with Crippen molar-refractivity contribution in [3.8, 4) is 22.5 Å². The fourth-order valence-corrected chi connectivity index (χ4v) is 2.25. The van der Waals surface area contributed by atoms with Crippen LogP contribution in [0.1, 0.15) is 0 Å². The molecule has 3 rings (SSSR count). The summed E-state index contributed by atoms with van der Waals surface area (Å²) in [6.45, 7) is 0. The lowest BCUT2D eigenvalue weighted by Gasteiger charge is -2.06. The van der Waals surface area contributed by atoms with Gasteiger partial charge in [-0.15, -0.1) is 0 Å². The van der Waals surface area contributed by atoms with Crippen molar-refractivity contribution >= 4 is 29.2 Å². The molecule has 0 atom stereocenters. The molecule has 0 radical (unpaired) electrons. The van der Waals surface area contributed by atoms with Gasteiger partial charge in [-0.2, -0.15) is 0 Å². The van der Waals surface area contributed by atoms with Gasteiger partial charge in [0.1, 0.15) is 0 Å². The molecule has 1 heterocycles. The molecule has 1 aromatic heterocycles. The zero-order chi connectivity index (χ0) is 14.8. The minimum Gasteiger partial charge on any atom is -0.368 e. The highest BCUT2D eigenvalue weighted by Crippen LogP contribution is 2.26. The van der Waals surface area contributed by atoms with E-state index in [2.05, 4.69) is 9.97 Å². The maximum atomic E-state index is 5.90. The first-order valence-electron chi connectivity index (χ1n) is 6.28. The summed E-state index contributed by atoms with van der Waals surface area (Å²) in [6, 6.07) is 16.8. The van der Waals surface area contributed by atoms with E-state index in [1.54, 1.807) is 0 Å². The molecule has 3 nitrogen and oxygen atoms in total. The van der Waals surface area contributed by atoms with Crippen LogP contribution in [0.3, 0.4) is 0 Å². The van der Waals surface area contributed by atoms with Crippen LogP contribution in [0.4, 0.5) is 5.95 Å². The summed E-state index contributed by atoms with van der Waals surface area (Å²) in [5.41, 5.74) is 9.20. The lowest BCUT2D eigenvalue weighted by atomic mass is 10.1. The van der Waals surface area contributed by atoms with Gasteiger partial charge in [-0.25, -0.2) is 9.97 Å². The molecular formula is C16H11Cl2N3. The Balaban J connectivity index is 2.07. The van der Waals surface area contributed by atoms with Crippen LogP contribution in [0.25, 0.3) is 22.5 Å². The molecule has 2 N–H and O–H groups in total. The Kier molecular flexibility index (Phi) is 3.78. The third kappa shape index (κ3) is 3.15. The minimum atomic E-state index is 0.229. The topological polar surface area (TPSA) is 51.8 Å². The highest BCUT2D eigenvalue weighted by atomic mass is 35.5. The molecule has 0 unspecified atom stereocenters. The number of aromatic nitrogens is 2. The van der Waals surface area contributed by atoms with Crippen molar-refractivity contribution in [1.29, 1.82) is 0 Å². The van der Waals surface area contributed by atoms with Crippen LogP contribution < -0.4 is 5.73 Å². The number of nitrogens with two attached hydrogens (primary N) is 1. The summed E-state index contributed by atoms with van der Waals surface area (Å²) in [6.07, 6.45) is 0. The summed E-state index contributed by atoms with van der Waals surface area (Å²) in [7, 11) is 0. The molecule has 5 heteroatoms. The summed E-state index contributed by atoms with van der Waals surface area (Å²) < 4.78 is 0. The van der Waals surface area contributed by atoms with Crippen LogP contribution in [0, 0.1) is 0 Å². The Morgan fingerprint density at radius 3 is 1.43 bits per heavy atom. The van der Waals surface area contributed by atoms with Crippen molar-refractivity contribution in [2.24, 2.45) is 0 Å². The maximum Gasteiger partial charge on any atom is 0.221 e. The van der Waals surface area contributed by atoms with Gasteiger partial charge in [0.25, 0.3) is 0 Å². The molecule has 2 aromatic carbocycles. The van der Waals surface area contributed by atoms with Crippen LogP contribution in [-0.2, 0) is 0 Å². The van der Waals surface area contributed by atoms with E-state index in [1.165, 1.54) is 0 Å². The molecular weight excluding hydrogens is 305 g/mol. The monoisotopic (exact) mass is 315 g/mol. The fraction of sp³-hybridized carbons (Fsp3) is 0. The van der Waals surface area contributed by atoms with Crippen molar-refractivity contribution in [3.05, 3.63) is 64.6 Å². The first-order chi connectivity index (χ1) is 10.1. The number of anilines is 1. The highest BCUT2D eigenvalue weighted by Gasteiger charge is 2.07. The van der Waals surface area contributed by atoms with Crippen molar-refractivity contribution in [2.75, 3.05) is 5.73 Å². The Labute approximate surface area is 132 Å². The molecule has 0 spiro atoms. The molecule has 3 aromatic rings. The number of hydrogen-bond acceptors (Lipinski definition) is 3. The van der Waals surface area contributed by atoms with E-state index in [-0.39, 0.29) is 5.95 Å². The molecule has 0 aliphatic rings. The van der Waals surface area contributed by atoms with Gasteiger partial charge in [0.2, 0.25) is 5.95 Å². The van der Waals surface area contributed by atoms with Gasteiger partial charge >= 0.3 is 0 Å². The van der Waals surface area contributed by atoms with E-state index in [9.17, 15) is 0 Å². The standard InChI is InChI=1S/C16H11Cl2N3/c17-12-5-1-10(2-6-12)14-9-15(21-16(19)20-14)11-3-7-13(18)8-4-11/h1-9H,(H2,19,20,21). The van der Waals surface area contributed by atoms with Crippen LogP contribution >= 0.6 is 23.2 Å². The van der Waals surface area contributed by atoms with E-state index in [1.807, 2.05) is 54.6 Å². The molecule has 0 aliphatic carbocycles. The molecule has 0 fully saturated rings. The minimum absolute atomic E-state index is 0.229. The summed E-state index contributed by atoms with van der Waals surface area (Å²) in [5.74, 6) is 0.229. The average Bonchev–Trinajstić information content (AvgIpc) is 2.48. The van der Waals surface area contributed by atoms with Gasteiger partial charge in [0.15, 0.2) is 0 Å². The molecule has 104 valence electrons. The maximum absolute atomic E-state index is 5.90. The number of benzene rings is 2. The van der Waals surface area contributed by atoms with E-state index in [4.69, 9.17) is 28.9 Å². The third-order valence-corrected chi connectivity index (χ3v) is 3.53. The van der Waals surface area contributed by atoms with E-state index in [0.29, 0.717) is 10.0 Å². The lowest BCUT2D eigenvalue weighted by molar-refractivity contribution is 1.19. The molecule has 21 heavy (non-hydrogen) atoms. The first-order valence-corrected chi connectivity index (χ1v) is 7.04. The van der Waals surface area contributed by atoms with Crippen molar-refractivity contribution in [2.45, 2.75) is 0 Å². The summed E-state index contributed by atoms with van der Waals surface area (Å²) in [4.78, 5) is 8.55. The number of halogens is 2. The summed E-state index contributed by atoms with van der Waals surface area (Å²) in [5, 5.41) is 1.36. The van der Waals surface area contributed by atoms with E-state index in [0.717, 1.165) is 22.5 Å². The van der Waals surface area contributed by atoms with Gasteiger partial charge in [-0.05, 0) is 30.3 Å². The number of nitrogens with zero attached hydrogens (tertiary/aromatic N) is 2. The normalized spacial score (nSPS) is 10.6. The molecule has 0 saturated heterocycles.